The number of alkyl halides is 1. The fourth-order valence-electron chi connectivity index (χ4n) is 10.6. The summed E-state index contributed by atoms with van der Waals surface area (Å²) in [6.07, 6.45) is 0.0579. The van der Waals surface area contributed by atoms with Gasteiger partial charge in [-0.15, -0.1) is 0 Å². The summed E-state index contributed by atoms with van der Waals surface area (Å²) < 4.78 is 30.5. The summed E-state index contributed by atoms with van der Waals surface area (Å²) in [5, 5.41) is 0. The third-order valence-corrected chi connectivity index (χ3v) is 11.2. The van der Waals surface area contributed by atoms with Gasteiger partial charge >= 0.3 is 17.9 Å². The highest BCUT2D eigenvalue weighted by Gasteiger charge is 3.29. The van der Waals surface area contributed by atoms with E-state index in [0.29, 0.717) is 6.42 Å². The summed E-state index contributed by atoms with van der Waals surface area (Å²) >= 11 is 1.94. The van der Waals surface area contributed by atoms with E-state index in [9.17, 15) is 14.4 Å². The predicted molar refractivity (Wildman–Crippen MR) is 91.6 cm³/mol. The molecule has 5 heterocycles. The molecule has 0 radical (unpaired) electrons. The van der Waals surface area contributed by atoms with Crippen molar-refractivity contribution in [2.45, 2.75) is 55.1 Å². The Bertz CT molecular complexity index is 1060. The van der Waals surface area contributed by atoms with E-state index in [1.165, 1.54) is 0 Å². The monoisotopic (exact) mass is 498 g/mol. The van der Waals surface area contributed by atoms with Gasteiger partial charge in [0.2, 0.25) is 0 Å². The first-order valence-corrected chi connectivity index (χ1v) is 11.4. The first-order chi connectivity index (χ1) is 13.2. The van der Waals surface area contributed by atoms with E-state index in [1.807, 2.05) is 36.4 Å². The molecule has 4 aliphatic carbocycles. The van der Waals surface area contributed by atoms with Crippen LogP contribution in [-0.4, -0.2) is 57.1 Å². The van der Waals surface area contributed by atoms with Crippen LogP contribution in [0.15, 0.2) is 0 Å². The molecule has 28 heavy (non-hydrogen) atoms. The van der Waals surface area contributed by atoms with Gasteiger partial charge in [-0.25, -0.2) is 0 Å². The smallest absolute Gasteiger partial charge is 0.319 e. The summed E-state index contributed by atoms with van der Waals surface area (Å²) in [6.45, 7) is 3.95. The number of fused-ring (bicyclic) bond motifs is 3. The lowest BCUT2D eigenvalue weighted by molar-refractivity contribution is -0.256. The van der Waals surface area contributed by atoms with Gasteiger partial charge in [0.25, 0.3) is 5.79 Å². The molecular formula is C19H15IO8. The van der Waals surface area contributed by atoms with Crippen molar-refractivity contribution in [3.8, 4) is 0 Å². The Labute approximate surface area is 172 Å². The van der Waals surface area contributed by atoms with Crippen molar-refractivity contribution >= 4 is 40.5 Å². The van der Waals surface area contributed by atoms with Crippen LogP contribution in [0.2, 0.25) is 0 Å². The van der Waals surface area contributed by atoms with Crippen molar-refractivity contribution < 1.29 is 38.1 Å². The Morgan fingerprint density at radius 3 is 2.71 bits per heavy atom. The lowest BCUT2D eigenvalue weighted by atomic mass is 9.50. The van der Waals surface area contributed by atoms with Gasteiger partial charge < -0.3 is 23.7 Å². The number of ether oxygens (including phenoxy) is 5. The number of carbonyl (C=O) groups is 3. The van der Waals surface area contributed by atoms with E-state index in [2.05, 4.69) is 0 Å². The Hall–Kier alpha value is -0.940. The minimum absolute atomic E-state index is 0.101. The summed E-state index contributed by atoms with van der Waals surface area (Å²) in [7, 11) is 0. The maximum absolute atomic E-state index is 13.6. The molecule has 5 saturated heterocycles. The van der Waals surface area contributed by atoms with Crippen LogP contribution in [0.3, 0.4) is 0 Å². The molecule has 0 aromatic heterocycles. The molecule has 0 aromatic rings. The van der Waals surface area contributed by atoms with Gasteiger partial charge in [0.05, 0.1) is 27.8 Å². The summed E-state index contributed by atoms with van der Waals surface area (Å²) in [5.41, 5.74) is -4.60. The van der Waals surface area contributed by atoms with Crippen molar-refractivity contribution in [1.82, 2.24) is 0 Å². The van der Waals surface area contributed by atoms with Gasteiger partial charge in [-0.05, 0) is 13.8 Å². The Kier molecular flexibility index (Phi) is 1.68. The van der Waals surface area contributed by atoms with E-state index in [4.69, 9.17) is 23.7 Å². The van der Waals surface area contributed by atoms with Crippen molar-refractivity contribution in [2.75, 3.05) is 4.43 Å². The topological polar surface area (TPSA) is 101 Å². The average Bonchev–Trinajstić information content (AvgIpc) is 3.45. The summed E-state index contributed by atoms with van der Waals surface area (Å²) in [4.78, 5) is 39.0. The number of hydrogen-bond donors (Lipinski definition) is 0. The van der Waals surface area contributed by atoms with Gasteiger partial charge in [0.1, 0.15) is 33.7 Å². The van der Waals surface area contributed by atoms with Crippen molar-refractivity contribution in [3.63, 3.8) is 0 Å². The van der Waals surface area contributed by atoms with Crippen LogP contribution in [0.1, 0.15) is 20.3 Å². The number of halogens is 1. The fraction of sp³-hybridized carbons (Fsp3) is 0.842. The van der Waals surface area contributed by atoms with Crippen molar-refractivity contribution in [3.05, 3.63) is 0 Å². The fourth-order valence-corrected chi connectivity index (χ4v) is 10.8. The molecule has 11 unspecified atom stereocenters. The zero-order valence-electron chi connectivity index (χ0n) is 14.9. The van der Waals surface area contributed by atoms with E-state index in [0.717, 1.165) is 0 Å². The lowest BCUT2D eigenvalue weighted by Gasteiger charge is -2.53. The highest BCUT2D eigenvalue weighted by atomic mass is 127. The van der Waals surface area contributed by atoms with Crippen LogP contribution in [0, 0.1) is 34.0 Å². The van der Waals surface area contributed by atoms with E-state index < -0.39 is 50.8 Å². The van der Waals surface area contributed by atoms with Gasteiger partial charge in [-0.1, -0.05) is 22.6 Å². The normalized spacial score (nSPS) is 75.5. The Morgan fingerprint density at radius 2 is 1.96 bits per heavy atom. The Morgan fingerprint density at radius 1 is 1.18 bits per heavy atom. The molecule has 0 aromatic carbocycles. The van der Waals surface area contributed by atoms with E-state index in [1.54, 1.807) is 0 Å². The van der Waals surface area contributed by atoms with Crippen LogP contribution in [0.4, 0.5) is 0 Å². The standard InChI is InChI=1S/C19H15IO8/c1-13-5-3-6(25-13)17-15(18(13,17)12(23)24-5)10-8-9(14(2)19(10,17)28-14)16(8,27-11(15)22)26-7(21)4-20/h5-6,8-10H,3-4H2,1-2H3/t5?,6?,8-,9?,10?,13?,14?,15?,16?,17?,18?,19?/m1/s1. The van der Waals surface area contributed by atoms with Crippen LogP contribution < -0.4 is 0 Å². The number of esters is 3. The number of rotatable bonds is 2. The number of hydrogen-bond acceptors (Lipinski definition) is 8. The molecule has 8 nitrogen and oxygen atoms in total. The van der Waals surface area contributed by atoms with Crippen molar-refractivity contribution in [1.29, 1.82) is 0 Å². The first kappa shape index (κ1) is 15.0. The molecule has 9 aliphatic rings. The quantitative estimate of drug-likeness (QED) is 0.229. The zero-order valence-corrected chi connectivity index (χ0v) is 17.1. The third-order valence-electron chi connectivity index (χ3n) is 10.6. The average molecular weight is 498 g/mol. The molecule has 12 atom stereocenters. The largest absolute Gasteiger partial charge is 0.459 e. The SMILES string of the molecule is CC12OC13C1[C@H]4C2C4(OC(=O)CI)OC(=O)C12C14C(=O)OC5CC(OC51C)C324. The van der Waals surface area contributed by atoms with Crippen LogP contribution in [-0.2, 0) is 38.1 Å². The molecule has 0 amide bonds. The summed E-state index contributed by atoms with van der Waals surface area (Å²) in [5.74, 6) is -2.80. The third kappa shape index (κ3) is 0.740. The lowest BCUT2D eigenvalue weighted by Crippen LogP contribution is -2.68. The minimum atomic E-state index is -1.22. The van der Waals surface area contributed by atoms with Crippen LogP contribution >= 0.6 is 22.6 Å². The maximum Gasteiger partial charge on any atom is 0.319 e. The molecule has 146 valence electrons. The molecule has 0 N–H and O–H groups in total. The summed E-state index contributed by atoms with van der Waals surface area (Å²) in [6, 6.07) is 0. The molecule has 5 aliphatic heterocycles. The molecule has 4 saturated carbocycles. The minimum Gasteiger partial charge on any atom is -0.459 e. The molecular weight excluding hydrogens is 483 g/mol. The second-order valence-corrected chi connectivity index (χ2v) is 11.1. The predicted octanol–water partition coefficient (Wildman–Crippen LogP) is 0.0942. The molecule has 4 spiro atoms. The number of epoxide rings is 1. The van der Waals surface area contributed by atoms with Crippen LogP contribution in [0.25, 0.3) is 0 Å². The van der Waals surface area contributed by atoms with Gasteiger partial charge in [-0.2, -0.15) is 0 Å². The van der Waals surface area contributed by atoms with Gasteiger partial charge in [0, 0.05) is 12.3 Å². The van der Waals surface area contributed by atoms with E-state index in [-0.39, 0.29) is 40.4 Å². The second-order valence-electron chi connectivity index (χ2n) is 10.4. The maximum atomic E-state index is 13.6. The molecule has 9 rings (SSSR count). The zero-order chi connectivity index (χ0) is 19.1. The van der Waals surface area contributed by atoms with Crippen molar-refractivity contribution in [2.24, 2.45) is 34.0 Å². The highest BCUT2D eigenvalue weighted by molar-refractivity contribution is 14.1. The van der Waals surface area contributed by atoms with Gasteiger partial charge in [-0.3, -0.25) is 14.4 Å². The highest BCUT2D eigenvalue weighted by Crippen LogP contribution is 3.15. The second kappa shape index (κ2) is 3.15. The van der Waals surface area contributed by atoms with Crippen LogP contribution in [0.5, 0.6) is 0 Å². The first-order valence-electron chi connectivity index (χ1n) is 9.84. The Balaban J connectivity index is 1.32. The van der Waals surface area contributed by atoms with Gasteiger partial charge in [0.15, 0.2) is 0 Å². The molecule has 9 heteroatoms. The molecule has 2 bridgehead atoms. The number of carbonyl (C=O) groups excluding carboxylic acids is 3. The van der Waals surface area contributed by atoms with E-state index >= 15 is 0 Å². The molecule has 9 fully saturated rings.